The second-order valence-corrected chi connectivity index (χ2v) is 4.69. The molecule has 0 spiro atoms. The molecule has 4 heteroatoms. The molecule has 0 amide bonds. The van der Waals surface area contributed by atoms with Crippen LogP contribution in [0.15, 0.2) is 54.6 Å². The largest absolute Gasteiger partial charge is 0.507 e. The van der Waals surface area contributed by atoms with Crippen LogP contribution < -0.4 is 4.74 Å². The summed E-state index contributed by atoms with van der Waals surface area (Å²) >= 11 is 0. The zero-order valence-electron chi connectivity index (χ0n) is 12.2. The maximum absolute atomic E-state index is 12.0. The Balaban J connectivity index is 2.02. The van der Waals surface area contributed by atoms with E-state index in [0.29, 0.717) is 5.75 Å². The summed E-state index contributed by atoms with van der Waals surface area (Å²) in [6, 6.07) is 13.7. The molecule has 0 aliphatic heterocycles. The lowest BCUT2D eigenvalue weighted by Gasteiger charge is -2.05. The SMILES string of the molecule is COc1ccc(C(=O)CC(=O)C=Cc2ccccc2)c(O)c1. The number of carbonyl (C=O) groups excluding carboxylic acids is 2. The fraction of sp³-hybridized carbons (Fsp3) is 0.111. The zero-order valence-corrected chi connectivity index (χ0v) is 12.2. The Hall–Kier alpha value is -2.88. The van der Waals surface area contributed by atoms with Crippen LogP contribution in [0, 0.1) is 0 Å². The summed E-state index contributed by atoms with van der Waals surface area (Å²) in [5.74, 6) is -0.486. The highest BCUT2D eigenvalue weighted by Gasteiger charge is 2.14. The molecule has 0 saturated carbocycles. The van der Waals surface area contributed by atoms with Crippen molar-refractivity contribution in [2.45, 2.75) is 6.42 Å². The van der Waals surface area contributed by atoms with Crippen LogP contribution in [-0.4, -0.2) is 23.8 Å². The van der Waals surface area contributed by atoms with Crippen molar-refractivity contribution in [3.8, 4) is 11.5 Å². The van der Waals surface area contributed by atoms with E-state index in [2.05, 4.69) is 0 Å². The minimum Gasteiger partial charge on any atom is -0.507 e. The molecule has 0 aliphatic rings. The number of carbonyl (C=O) groups is 2. The minimum atomic E-state index is -0.428. The van der Waals surface area contributed by atoms with Gasteiger partial charge in [0.25, 0.3) is 0 Å². The van der Waals surface area contributed by atoms with Gasteiger partial charge in [-0.05, 0) is 23.8 Å². The molecule has 0 unspecified atom stereocenters. The summed E-state index contributed by atoms with van der Waals surface area (Å²) in [5.41, 5.74) is 0.998. The normalized spacial score (nSPS) is 10.6. The predicted octanol–water partition coefficient (Wildman–Crippen LogP) is 3.26. The number of aromatic hydroxyl groups is 1. The standard InChI is InChI=1S/C18H16O4/c1-22-15-9-10-16(18(21)12-15)17(20)11-14(19)8-7-13-5-3-2-4-6-13/h2-10,12,21H,11H2,1H3. The minimum absolute atomic E-state index is 0.113. The zero-order chi connectivity index (χ0) is 15.9. The fourth-order valence-electron chi connectivity index (χ4n) is 1.94. The number of methoxy groups -OCH3 is 1. The highest BCUT2D eigenvalue weighted by atomic mass is 16.5. The van der Waals surface area contributed by atoms with Crippen molar-refractivity contribution in [3.05, 3.63) is 65.7 Å². The molecular formula is C18H16O4. The van der Waals surface area contributed by atoms with E-state index in [1.54, 1.807) is 12.1 Å². The predicted molar refractivity (Wildman–Crippen MR) is 84.1 cm³/mol. The van der Waals surface area contributed by atoms with Crippen LogP contribution >= 0.6 is 0 Å². The summed E-state index contributed by atoms with van der Waals surface area (Å²) in [4.78, 5) is 23.9. The third-order valence-electron chi connectivity index (χ3n) is 3.10. The number of ether oxygens (including phenoxy) is 1. The van der Waals surface area contributed by atoms with Gasteiger partial charge >= 0.3 is 0 Å². The van der Waals surface area contributed by atoms with Gasteiger partial charge in [0.15, 0.2) is 11.6 Å². The quantitative estimate of drug-likeness (QED) is 0.505. The first-order chi connectivity index (χ1) is 10.6. The molecule has 112 valence electrons. The van der Waals surface area contributed by atoms with Gasteiger partial charge in [-0.3, -0.25) is 9.59 Å². The first-order valence-electron chi connectivity index (χ1n) is 6.76. The molecule has 0 heterocycles. The van der Waals surface area contributed by atoms with E-state index < -0.39 is 5.78 Å². The molecule has 0 aromatic heterocycles. The van der Waals surface area contributed by atoms with Gasteiger partial charge in [0, 0.05) is 6.07 Å². The van der Waals surface area contributed by atoms with Crippen LogP contribution in [0.2, 0.25) is 0 Å². The van der Waals surface area contributed by atoms with Crippen LogP contribution in [0.1, 0.15) is 22.3 Å². The van der Waals surface area contributed by atoms with E-state index in [1.807, 2.05) is 30.3 Å². The highest BCUT2D eigenvalue weighted by molar-refractivity contribution is 6.13. The monoisotopic (exact) mass is 296 g/mol. The van der Waals surface area contributed by atoms with E-state index >= 15 is 0 Å². The van der Waals surface area contributed by atoms with Crippen molar-refractivity contribution in [2.75, 3.05) is 7.11 Å². The molecular weight excluding hydrogens is 280 g/mol. The van der Waals surface area contributed by atoms with E-state index in [1.165, 1.54) is 25.3 Å². The molecule has 2 aromatic rings. The van der Waals surface area contributed by atoms with Gasteiger partial charge in [-0.1, -0.05) is 36.4 Å². The number of phenolic OH excluding ortho intramolecular Hbond substituents is 1. The molecule has 0 radical (unpaired) electrons. The lowest BCUT2D eigenvalue weighted by Crippen LogP contribution is -2.06. The molecule has 1 N–H and O–H groups in total. The van der Waals surface area contributed by atoms with Gasteiger partial charge in [0.1, 0.15) is 11.5 Å². The molecule has 22 heavy (non-hydrogen) atoms. The number of hydrogen-bond donors (Lipinski definition) is 1. The lowest BCUT2D eigenvalue weighted by molar-refractivity contribution is -0.113. The van der Waals surface area contributed by atoms with E-state index in [0.717, 1.165) is 5.56 Å². The van der Waals surface area contributed by atoms with E-state index in [-0.39, 0.29) is 23.5 Å². The Kier molecular flexibility index (Phi) is 5.09. The first-order valence-corrected chi connectivity index (χ1v) is 6.76. The maximum Gasteiger partial charge on any atom is 0.174 e. The number of allylic oxidation sites excluding steroid dienone is 1. The van der Waals surface area contributed by atoms with Gasteiger partial charge < -0.3 is 9.84 Å². The molecule has 0 aliphatic carbocycles. The Morgan fingerprint density at radius 2 is 1.86 bits per heavy atom. The Morgan fingerprint density at radius 3 is 2.50 bits per heavy atom. The van der Waals surface area contributed by atoms with E-state index in [4.69, 9.17) is 4.74 Å². The number of benzene rings is 2. The van der Waals surface area contributed by atoms with Crippen LogP contribution in [-0.2, 0) is 4.79 Å². The van der Waals surface area contributed by atoms with Crippen LogP contribution in [0.4, 0.5) is 0 Å². The lowest BCUT2D eigenvalue weighted by atomic mass is 10.0. The van der Waals surface area contributed by atoms with Gasteiger partial charge in [-0.25, -0.2) is 0 Å². The van der Waals surface area contributed by atoms with Crippen molar-refractivity contribution in [1.82, 2.24) is 0 Å². The average molecular weight is 296 g/mol. The van der Waals surface area contributed by atoms with Gasteiger partial charge in [0.05, 0.1) is 19.1 Å². The number of phenols is 1. The van der Waals surface area contributed by atoms with Gasteiger partial charge in [-0.2, -0.15) is 0 Å². The average Bonchev–Trinajstić information content (AvgIpc) is 2.53. The van der Waals surface area contributed by atoms with Gasteiger partial charge in [-0.15, -0.1) is 0 Å². The Labute approximate surface area is 128 Å². The molecule has 4 nitrogen and oxygen atoms in total. The third kappa shape index (κ3) is 4.06. The number of Topliss-reactive ketones (excluding diaryl/α,β-unsaturated/α-hetero) is 1. The first kappa shape index (κ1) is 15.5. The summed E-state index contributed by atoms with van der Waals surface area (Å²) < 4.78 is 4.95. The molecule has 2 aromatic carbocycles. The summed E-state index contributed by atoms with van der Waals surface area (Å²) in [6.45, 7) is 0. The van der Waals surface area contributed by atoms with Crippen molar-refractivity contribution in [2.24, 2.45) is 0 Å². The third-order valence-corrected chi connectivity index (χ3v) is 3.10. The maximum atomic E-state index is 12.0. The van der Waals surface area contributed by atoms with Crippen LogP contribution in [0.3, 0.4) is 0 Å². The molecule has 0 fully saturated rings. The molecule has 0 saturated heterocycles. The Morgan fingerprint density at radius 1 is 1.14 bits per heavy atom. The number of ketones is 2. The van der Waals surface area contributed by atoms with Crippen molar-refractivity contribution >= 4 is 17.6 Å². The van der Waals surface area contributed by atoms with Gasteiger partial charge in [0.2, 0.25) is 0 Å². The highest BCUT2D eigenvalue weighted by Crippen LogP contribution is 2.24. The topological polar surface area (TPSA) is 63.6 Å². The summed E-state index contributed by atoms with van der Waals surface area (Å²) in [5, 5.41) is 9.78. The molecule has 2 rings (SSSR count). The van der Waals surface area contributed by atoms with Crippen molar-refractivity contribution in [3.63, 3.8) is 0 Å². The fourth-order valence-corrected chi connectivity index (χ4v) is 1.94. The second kappa shape index (κ2) is 7.22. The van der Waals surface area contributed by atoms with Crippen molar-refractivity contribution < 1.29 is 19.4 Å². The van der Waals surface area contributed by atoms with Crippen LogP contribution in [0.5, 0.6) is 11.5 Å². The summed E-state index contributed by atoms with van der Waals surface area (Å²) in [6.07, 6.45) is 2.74. The number of rotatable bonds is 6. The molecule has 0 atom stereocenters. The summed E-state index contributed by atoms with van der Waals surface area (Å²) in [7, 11) is 1.47. The van der Waals surface area contributed by atoms with E-state index in [9.17, 15) is 14.7 Å². The smallest absolute Gasteiger partial charge is 0.174 e. The Bertz CT molecular complexity index is 702. The number of hydrogen-bond acceptors (Lipinski definition) is 4. The van der Waals surface area contributed by atoms with Crippen molar-refractivity contribution in [1.29, 1.82) is 0 Å². The molecule has 0 bridgehead atoms. The second-order valence-electron chi connectivity index (χ2n) is 4.69. The van der Waals surface area contributed by atoms with Crippen LogP contribution in [0.25, 0.3) is 6.08 Å².